The summed E-state index contributed by atoms with van der Waals surface area (Å²) in [6.45, 7) is 4.08. The maximum atomic E-state index is 13.5. The quantitative estimate of drug-likeness (QED) is 0.789. The van der Waals surface area contributed by atoms with Crippen molar-refractivity contribution in [2.75, 3.05) is 17.2 Å². The van der Waals surface area contributed by atoms with Gasteiger partial charge in [0.25, 0.3) is 0 Å². The third kappa shape index (κ3) is 3.33. The van der Waals surface area contributed by atoms with Crippen LogP contribution in [0.5, 0.6) is 0 Å². The lowest BCUT2D eigenvalue weighted by Gasteiger charge is -2.15. The van der Waals surface area contributed by atoms with Crippen LogP contribution in [0.4, 0.5) is 15.8 Å². The Labute approximate surface area is 116 Å². The summed E-state index contributed by atoms with van der Waals surface area (Å²) in [7, 11) is 0. The van der Waals surface area contributed by atoms with Gasteiger partial charge in [0, 0.05) is 18.7 Å². The SMILES string of the molecule is CC(=O)Nc1cc(NC(=O)C2CCNC2C)ccc1F. The molecule has 6 heteroatoms. The Morgan fingerprint density at radius 3 is 2.70 bits per heavy atom. The zero-order chi connectivity index (χ0) is 14.7. The smallest absolute Gasteiger partial charge is 0.229 e. The molecule has 0 spiro atoms. The highest BCUT2D eigenvalue weighted by atomic mass is 19.1. The van der Waals surface area contributed by atoms with Crippen LogP contribution in [0.1, 0.15) is 20.3 Å². The predicted octanol–water partition coefficient (Wildman–Crippen LogP) is 1.72. The van der Waals surface area contributed by atoms with Crippen molar-refractivity contribution < 1.29 is 14.0 Å². The zero-order valence-electron chi connectivity index (χ0n) is 11.5. The summed E-state index contributed by atoms with van der Waals surface area (Å²) in [5, 5.41) is 8.35. The van der Waals surface area contributed by atoms with Crippen LogP contribution in [0.15, 0.2) is 18.2 Å². The number of benzene rings is 1. The number of anilines is 2. The van der Waals surface area contributed by atoms with E-state index in [2.05, 4.69) is 16.0 Å². The summed E-state index contributed by atoms with van der Waals surface area (Å²) in [5.74, 6) is -1.08. The number of amides is 2. The third-order valence-electron chi connectivity index (χ3n) is 3.41. The van der Waals surface area contributed by atoms with Gasteiger partial charge in [0.05, 0.1) is 11.6 Å². The average molecular weight is 279 g/mol. The van der Waals surface area contributed by atoms with Crippen LogP contribution in [0.25, 0.3) is 0 Å². The molecule has 1 fully saturated rings. The van der Waals surface area contributed by atoms with Crippen molar-refractivity contribution in [3.8, 4) is 0 Å². The van der Waals surface area contributed by atoms with Crippen molar-refractivity contribution in [1.29, 1.82) is 0 Å². The third-order valence-corrected chi connectivity index (χ3v) is 3.41. The predicted molar refractivity (Wildman–Crippen MR) is 74.9 cm³/mol. The molecule has 3 N–H and O–H groups in total. The first-order chi connectivity index (χ1) is 9.47. The normalized spacial score (nSPS) is 21.6. The fourth-order valence-electron chi connectivity index (χ4n) is 2.34. The molecule has 1 aliphatic rings. The molecule has 0 saturated carbocycles. The molecule has 0 bridgehead atoms. The molecule has 1 heterocycles. The van der Waals surface area contributed by atoms with E-state index in [1.807, 2.05) is 6.92 Å². The highest BCUT2D eigenvalue weighted by Gasteiger charge is 2.29. The second-order valence-electron chi connectivity index (χ2n) is 5.00. The number of nitrogens with one attached hydrogen (secondary N) is 3. The Morgan fingerprint density at radius 1 is 1.35 bits per heavy atom. The Bertz CT molecular complexity index is 533. The van der Waals surface area contributed by atoms with Crippen LogP contribution >= 0.6 is 0 Å². The summed E-state index contributed by atoms with van der Waals surface area (Å²) in [6.07, 6.45) is 0.784. The van der Waals surface area contributed by atoms with Crippen LogP contribution in [0.2, 0.25) is 0 Å². The number of carbonyl (C=O) groups excluding carboxylic acids is 2. The zero-order valence-corrected chi connectivity index (χ0v) is 11.5. The van der Waals surface area contributed by atoms with E-state index in [0.29, 0.717) is 5.69 Å². The summed E-state index contributed by atoms with van der Waals surface area (Å²) >= 11 is 0. The van der Waals surface area contributed by atoms with Gasteiger partial charge < -0.3 is 16.0 Å². The van der Waals surface area contributed by atoms with E-state index >= 15 is 0 Å². The molecule has 1 aliphatic heterocycles. The lowest BCUT2D eigenvalue weighted by Crippen LogP contribution is -2.32. The second kappa shape index (κ2) is 6.00. The molecule has 0 aliphatic carbocycles. The van der Waals surface area contributed by atoms with Crippen molar-refractivity contribution in [3.63, 3.8) is 0 Å². The molecule has 5 nitrogen and oxygen atoms in total. The Hall–Kier alpha value is -1.95. The molecule has 2 amide bonds. The minimum atomic E-state index is -0.533. The lowest BCUT2D eigenvalue weighted by molar-refractivity contribution is -0.120. The van der Waals surface area contributed by atoms with E-state index < -0.39 is 5.82 Å². The van der Waals surface area contributed by atoms with E-state index in [0.717, 1.165) is 13.0 Å². The fraction of sp³-hybridized carbons (Fsp3) is 0.429. The maximum Gasteiger partial charge on any atom is 0.229 e. The molecule has 0 aromatic heterocycles. The first kappa shape index (κ1) is 14.5. The number of hydrogen-bond donors (Lipinski definition) is 3. The number of rotatable bonds is 3. The molecule has 1 aromatic rings. The fourth-order valence-corrected chi connectivity index (χ4v) is 2.34. The minimum absolute atomic E-state index is 0.0629. The van der Waals surface area contributed by atoms with Gasteiger partial charge in [-0.1, -0.05) is 0 Å². The molecule has 1 aromatic carbocycles. The second-order valence-corrected chi connectivity index (χ2v) is 5.00. The molecule has 20 heavy (non-hydrogen) atoms. The Morgan fingerprint density at radius 2 is 2.10 bits per heavy atom. The molecule has 108 valence electrons. The molecule has 2 rings (SSSR count). The van der Waals surface area contributed by atoms with Crippen LogP contribution in [0, 0.1) is 11.7 Å². The first-order valence-electron chi connectivity index (χ1n) is 6.59. The van der Waals surface area contributed by atoms with Gasteiger partial charge in [-0.15, -0.1) is 0 Å². The van der Waals surface area contributed by atoms with Crippen molar-refractivity contribution in [1.82, 2.24) is 5.32 Å². The van der Waals surface area contributed by atoms with Crippen LogP contribution < -0.4 is 16.0 Å². The molecular weight excluding hydrogens is 261 g/mol. The van der Waals surface area contributed by atoms with Crippen LogP contribution in [-0.2, 0) is 9.59 Å². The topological polar surface area (TPSA) is 70.2 Å². The van der Waals surface area contributed by atoms with Crippen molar-refractivity contribution >= 4 is 23.2 Å². The van der Waals surface area contributed by atoms with Crippen LogP contribution in [0.3, 0.4) is 0 Å². The average Bonchev–Trinajstić information content (AvgIpc) is 2.79. The molecule has 2 unspecified atom stereocenters. The minimum Gasteiger partial charge on any atom is -0.326 e. The largest absolute Gasteiger partial charge is 0.326 e. The Kier molecular flexibility index (Phi) is 4.34. The van der Waals surface area contributed by atoms with E-state index in [1.54, 1.807) is 0 Å². The number of halogens is 1. The summed E-state index contributed by atoms with van der Waals surface area (Å²) in [6, 6.07) is 4.25. The number of carbonyl (C=O) groups is 2. The van der Waals surface area contributed by atoms with Gasteiger partial charge in [-0.25, -0.2) is 4.39 Å². The van der Waals surface area contributed by atoms with Gasteiger partial charge in [-0.2, -0.15) is 0 Å². The van der Waals surface area contributed by atoms with Gasteiger partial charge in [0.2, 0.25) is 11.8 Å². The van der Waals surface area contributed by atoms with Crippen LogP contribution in [-0.4, -0.2) is 24.4 Å². The van der Waals surface area contributed by atoms with Gasteiger partial charge >= 0.3 is 0 Å². The van der Waals surface area contributed by atoms with Crippen molar-refractivity contribution in [2.24, 2.45) is 5.92 Å². The van der Waals surface area contributed by atoms with E-state index in [1.165, 1.54) is 25.1 Å². The standard InChI is InChI=1S/C14H18FN3O2/c1-8-11(5-6-16-8)14(20)18-10-3-4-12(15)13(7-10)17-9(2)19/h3-4,7-8,11,16H,5-6H2,1-2H3,(H,17,19)(H,18,20). The van der Waals surface area contributed by atoms with Crippen molar-refractivity contribution in [2.45, 2.75) is 26.3 Å². The molecule has 1 saturated heterocycles. The summed E-state index contributed by atoms with van der Waals surface area (Å²) in [4.78, 5) is 23.1. The van der Waals surface area contributed by atoms with Gasteiger partial charge in [0.1, 0.15) is 5.82 Å². The van der Waals surface area contributed by atoms with Gasteiger partial charge in [0.15, 0.2) is 0 Å². The highest BCUT2D eigenvalue weighted by Crippen LogP contribution is 2.22. The summed E-state index contributed by atoms with van der Waals surface area (Å²) in [5.41, 5.74) is 0.534. The summed E-state index contributed by atoms with van der Waals surface area (Å²) < 4.78 is 13.5. The molecule has 2 atom stereocenters. The highest BCUT2D eigenvalue weighted by molar-refractivity contribution is 5.95. The Balaban J connectivity index is 2.09. The molecule has 0 radical (unpaired) electrons. The van der Waals surface area contributed by atoms with Gasteiger partial charge in [-0.3, -0.25) is 9.59 Å². The molecular formula is C14H18FN3O2. The lowest BCUT2D eigenvalue weighted by atomic mass is 10.0. The van der Waals surface area contributed by atoms with E-state index in [4.69, 9.17) is 0 Å². The van der Waals surface area contributed by atoms with Gasteiger partial charge in [-0.05, 0) is 38.1 Å². The monoisotopic (exact) mass is 279 g/mol. The number of hydrogen-bond acceptors (Lipinski definition) is 3. The first-order valence-corrected chi connectivity index (χ1v) is 6.59. The van der Waals surface area contributed by atoms with E-state index in [-0.39, 0.29) is 29.5 Å². The maximum absolute atomic E-state index is 13.5. The van der Waals surface area contributed by atoms with Crippen molar-refractivity contribution in [3.05, 3.63) is 24.0 Å². The van der Waals surface area contributed by atoms with E-state index in [9.17, 15) is 14.0 Å².